The summed E-state index contributed by atoms with van der Waals surface area (Å²) >= 11 is 0. The van der Waals surface area contributed by atoms with Gasteiger partial charge in [-0.1, -0.05) is 34.1 Å². The fourth-order valence-electron chi connectivity index (χ4n) is 4.34. The zero-order valence-electron chi connectivity index (χ0n) is 13.1. The summed E-state index contributed by atoms with van der Waals surface area (Å²) in [6.45, 7) is 9.01. The smallest absolute Gasteiger partial charge is 0.127 e. The zero-order chi connectivity index (χ0) is 14.1. The second kappa shape index (κ2) is 5.55. The largest absolute Gasteiger partial charge is 0.374 e. The van der Waals surface area contributed by atoms with Crippen LogP contribution in [0.25, 0.3) is 0 Å². The molecule has 110 valence electrons. The molecule has 0 saturated heterocycles. The van der Waals surface area contributed by atoms with E-state index in [9.17, 15) is 4.79 Å². The van der Waals surface area contributed by atoms with E-state index >= 15 is 0 Å². The molecule has 2 saturated carbocycles. The lowest BCUT2D eigenvalue weighted by Crippen LogP contribution is -2.44. The number of ether oxygens (including phenoxy) is 1. The van der Waals surface area contributed by atoms with E-state index < -0.39 is 0 Å². The molecule has 0 heterocycles. The highest BCUT2D eigenvalue weighted by Crippen LogP contribution is 2.54. The standard InChI is InChI=1S/C17H30O2/c1-5-17(6-2,19-12-16(3,4)11-18)15-10-13-7-8-14(15)9-13/h11,13-15H,5-10,12H2,1-4H3. The predicted octanol–water partition coefficient (Wildman–Crippen LogP) is 4.22. The molecule has 3 atom stereocenters. The molecule has 0 aromatic heterocycles. The monoisotopic (exact) mass is 266 g/mol. The SMILES string of the molecule is CCC(CC)(OCC(C)(C)C=O)C1CC2CCC1C2. The maximum Gasteiger partial charge on any atom is 0.127 e. The van der Waals surface area contributed by atoms with Crippen molar-refractivity contribution in [2.75, 3.05) is 6.61 Å². The van der Waals surface area contributed by atoms with Gasteiger partial charge in [0.2, 0.25) is 0 Å². The topological polar surface area (TPSA) is 26.3 Å². The Bertz CT molecular complexity index is 317. The van der Waals surface area contributed by atoms with Gasteiger partial charge in [-0.3, -0.25) is 0 Å². The van der Waals surface area contributed by atoms with E-state index in [1.165, 1.54) is 25.7 Å². The molecule has 0 aliphatic heterocycles. The van der Waals surface area contributed by atoms with Crippen LogP contribution in [0.4, 0.5) is 0 Å². The molecular weight excluding hydrogens is 236 g/mol. The minimum absolute atomic E-state index is 0.0140. The van der Waals surface area contributed by atoms with Crippen LogP contribution in [0.5, 0.6) is 0 Å². The molecule has 0 aromatic carbocycles. The van der Waals surface area contributed by atoms with Crippen molar-refractivity contribution in [3.8, 4) is 0 Å². The van der Waals surface area contributed by atoms with E-state index in [0.717, 1.165) is 36.9 Å². The molecule has 2 aliphatic carbocycles. The van der Waals surface area contributed by atoms with Crippen molar-refractivity contribution >= 4 is 6.29 Å². The van der Waals surface area contributed by atoms with Gasteiger partial charge >= 0.3 is 0 Å². The molecular formula is C17H30O2. The van der Waals surface area contributed by atoms with Gasteiger partial charge in [0.05, 0.1) is 12.2 Å². The van der Waals surface area contributed by atoms with Gasteiger partial charge in [-0.2, -0.15) is 0 Å². The highest BCUT2D eigenvalue weighted by molar-refractivity contribution is 5.57. The maximum absolute atomic E-state index is 11.1. The fraction of sp³-hybridized carbons (Fsp3) is 0.941. The van der Waals surface area contributed by atoms with Crippen molar-refractivity contribution in [3.63, 3.8) is 0 Å². The van der Waals surface area contributed by atoms with Crippen LogP contribution in [-0.4, -0.2) is 18.5 Å². The average molecular weight is 266 g/mol. The van der Waals surface area contributed by atoms with Crippen molar-refractivity contribution < 1.29 is 9.53 Å². The van der Waals surface area contributed by atoms with Gasteiger partial charge in [-0.25, -0.2) is 0 Å². The van der Waals surface area contributed by atoms with E-state index in [-0.39, 0.29) is 11.0 Å². The summed E-state index contributed by atoms with van der Waals surface area (Å²) < 4.78 is 6.39. The quantitative estimate of drug-likeness (QED) is 0.645. The second-order valence-electron chi connectivity index (χ2n) is 7.45. The fourth-order valence-corrected chi connectivity index (χ4v) is 4.34. The van der Waals surface area contributed by atoms with Gasteiger partial charge in [0.25, 0.3) is 0 Å². The van der Waals surface area contributed by atoms with E-state index in [1.54, 1.807) is 0 Å². The number of hydrogen-bond donors (Lipinski definition) is 0. The summed E-state index contributed by atoms with van der Waals surface area (Å²) in [5.74, 6) is 2.56. The van der Waals surface area contributed by atoms with E-state index in [2.05, 4.69) is 13.8 Å². The number of aldehydes is 1. The summed E-state index contributed by atoms with van der Waals surface area (Å²) in [6.07, 6.45) is 8.80. The van der Waals surface area contributed by atoms with Crippen LogP contribution in [0.1, 0.15) is 66.2 Å². The Kier molecular flexibility index (Phi) is 4.39. The minimum Gasteiger partial charge on any atom is -0.374 e. The van der Waals surface area contributed by atoms with Crippen LogP contribution in [-0.2, 0) is 9.53 Å². The van der Waals surface area contributed by atoms with Crippen molar-refractivity contribution in [3.05, 3.63) is 0 Å². The molecule has 2 fully saturated rings. The number of fused-ring (bicyclic) bond motifs is 2. The first-order valence-electron chi connectivity index (χ1n) is 8.06. The van der Waals surface area contributed by atoms with Crippen LogP contribution < -0.4 is 0 Å². The highest BCUT2D eigenvalue weighted by atomic mass is 16.5. The van der Waals surface area contributed by atoms with Crippen LogP contribution >= 0.6 is 0 Å². The Morgan fingerprint density at radius 3 is 2.26 bits per heavy atom. The molecule has 2 bridgehead atoms. The van der Waals surface area contributed by atoms with E-state index in [4.69, 9.17) is 4.74 Å². The third-order valence-electron chi connectivity index (χ3n) is 5.66. The number of carbonyl (C=O) groups excluding carboxylic acids is 1. The molecule has 0 spiro atoms. The molecule has 0 aromatic rings. The Balaban J connectivity index is 2.07. The number of rotatable bonds is 7. The summed E-state index contributed by atoms with van der Waals surface area (Å²) in [4.78, 5) is 11.1. The number of carbonyl (C=O) groups is 1. The highest BCUT2D eigenvalue weighted by Gasteiger charge is 2.50. The summed E-state index contributed by atoms with van der Waals surface area (Å²) in [7, 11) is 0. The summed E-state index contributed by atoms with van der Waals surface area (Å²) in [6, 6.07) is 0. The maximum atomic E-state index is 11.1. The first kappa shape index (κ1) is 15.0. The zero-order valence-corrected chi connectivity index (χ0v) is 13.1. The Hall–Kier alpha value is -0.370. The molecule has 19 heavy (non-hydrogen) atoms. The molecule has 0 N–H and O–H groups in total. The first-order valence-corrected chi connectivity index (χ1v) is 8.06. The molecule has 2 rings (SSSR count). The van der Waals surface area contributed by atoms with Crippen LogP contribution in [0, 0.1) is 23.2 Å². The van der Waals surface area contributed by atoms with E-state index in [1.807, 2.05) is 13.8 Å². The number of hydrogen-bond acceptors (Lipinski definition) is 2. The van der Waals surface area contributed by atoms with E-state index in [0.29, 0.717) is 6.61 Å². The summed E-state index contributed by atoms with van der Waals surface area (Å²) in [5.41, 5.74) is -0.340. The molecule has 2 heteroatoms. The Morgan fingerprint density at radius 2 is 1.84 bits per heavy atom. The normalized spacial score (nSPS) is 30.8. The van der Waals surface area contributed by atoms with Gasteiger partial charge in [0.1, 0.15) is 6.29 Å². The Labute approximate surface area is 118 Å². The molecule has 3 unspecified atom stereocenters. The average Bonchev–Trinajstić information content (AvgIpc) is 3.03. The van der Waals surface area contributed by atoms with Crippen molar-refractivity contribution in [2.45, 2.75) is 71.8 Å². The first-order chi connectivity index (χ1) is 8.96. The second-order valence-corrected chi connectivity index (χ2v) is 7.45. The molecule has 2 nitrogen and oxygen atoms in total. The minimum atomic E-state index is -0.354. The molecule has 0 amide bonds. The van der Waals surface area contributed by atoms with Crippen molar-refractivity contribution in [2.24, 2.45) is 23.2 Å². The van der Waals surface area contributed by atoms with Gasteiger partial charge < -0.3 is 9.53 Å². The summed E-state index contributed by atoms with van der Waals surface area (Å²) in [5, 5.41) is 0. The predicted molar refractivity (Wildman–Crippen MR) is 78.0 cm³/mol. The van der Waals surface area contributed by atoms with Crippen LogP contribution in [0.2, 0.25) is 0 Å². The third kappa shape index (κ3) is 2.89. The lowest BCUT2D eigenvalue weighted by atomic mass is 9.73. The van der Waals surface area contributed by atoms with Crippen molar-refractivity contribution in [1.82, 2.24) is 0 Å². The molecule has 2 aliphatic rings. The lowest BCUT2D eigenvalue weighted by molar-refractivity contribution is -0.140. The van der Waals surface area contributed by atoms with Crippen LogP contribution in [0.3, 0.4) is 0 Å². The Morgan fingerprint density at radius 1 is 1.16 bits per heavy atom. The third-order valence-corrected chi connectivity index (χ3v) is 5.66. The van der Waals surface area contributed by atoms with Gasteiger partial charge in [0.15, 0.2) is 0 Å². The van der Waals surface area contributed by atoms with Crippen LogP contribution in [0.15, 0.2) is 0 Å². The van der Waals surface area contributed by atoms with Gasteiger partial charge in [-0.15, -0.1) is 0 Å². The van der Waals surface area contributed by atoms with Gasteiger partial charge in [-0.05, 0) is 49.9 Å². The molecule has 0 radical (unpaired) electrons. The van der Waals surface area contributed by atoms with Gasteiger partial charge in [0, 0.05) is 5.41 Å². The van der Waals surface area contributed by atoms with Crippen molar-refractivity contribution in [1.29, 1.82) is 0 Å². The lowest BCUT2D eigenvalue weighted by Gasteiger charge is -2.43.